The standard InChI is InChI=1S/C15H20N2O6S/c18-14(19)13(16-15(20)17-6-8-23-9-7-17)12(24(21)22)10-11-4-2-1-3-5-11/h1-5,12-13H,6-10H2,(H,16,20)(H,18,19)(H,21,22). The molecule has 132 valence electrons. The highest BCUT2D eigenvalue weighted by Crippen LogP contribution is 2.12. The Morgan fingerprint density at radius 3 is 2.42 bits per heavy atom. The summed E-state index contributed by atoms with van der Waals surface area (Å²) in [5, 5.41) is 10.6. The fourth-order valence-electron chi connectivity index (χ4n) is 2.46. The molecule has 1 aliphatic heterocycles. The number of nitrogens with one attached hydrogen (secondary N) is 1. The van der Waals surface area contributed by atoms with Crippen molar-refractivity contribution in [3.8, 4) is 0 Å². The van der Waals surface area contributed by atoms with Gasteiger partial charge >= 0.3 is 12.0 Å². The Hall–Kier alpha value is -1.97. The van der Waals surface area contributed by atoms with Crippen molar-refractivity contribution in [1.82, 2.24) is 10.2 Å². The zero-order valence-corrected chi connectivity index (χ0v) is 13.8. The molecule has 1 aromatic carbocycles. The summed E-state index contributed by atoms with van der Waals surface area (Å²) in [5.74, 6) is -1.35. The van der Waals surface area contributed by atoms with Gasteiger partial charge in [-0.2, -0.15) is 0 Å². The fourth-order valence-corrected chi connectivity index (χ4v) is 3.21. The molecular formula is C15H20N2O6S. The molecule has 1 aliphatic rings. The van der Waals surface area contributed by atoms with Gasteiger partial charge in [0.15, 0.2) is 11.1 Å². The van der Waals surface area contributed by atoms with Crippen LogP contribution in [0.15, 0.2) is 30.3 Å². The molecule has 9 heteroatoms. The lowest BCUT2D eigenvalue weighted by Gasteiger charge is -2.30. The van der Waals surface area contributed by atoms with E-state index in [1.165, 1.54) is 4.90 Å². The Labute approximate surface area is 142 Å². The summed E-state index contributed by atoms with van der Waals surface area (Å²) in [6.45, 7) is 1.46. The number of hydrogen-bond donors (Lipinski definition) is 3. The minimum absolute atomic E-state index is 0.0598. The van der Waals surface area contributed by atoms with Gasteiger partial charge in [0.25, 0.3) is 0 Å². The topological polar surface area (TPSA) is 116 Å². The van der Waals surface area contributed by atoms with E-state index in [1.54, 1.807) is 30.3 Å². The van der Waals surface area contributed by atoms with Crippen molar-refractivity contribution < 1.29 is 28.2 Å². The highest BCUT2D eigenvalue weighted by Gasteiger charge is 2.35. The van der Waals surface area contributed by atoms with Crippen molar-refractivity contribution in [2.75, 3.05) is 26.3 Å². The first-order valence-electron chi connectivity index (χ1n) is 7.48. The van der Waals surface area contributed by atoms with Crippen molar-refractivity contribution >= 4 is 23.1 Å². The molecule has 1 aromatic rings. The summed E-state index contributed by atoms with van der Waals surface area (Å²) in [7, 11) is 0. The second-order valence-electron chi connectivity index (χ2n) is 5.37. The lowest BCUT2D eigenvalue weighted by atomic mass is 10.0. The van der Waals surface area contributed by atoms with Gasteiger partial charge in [-0.3, -0.25) is 0 Å². The Morgan fingerprint density at radius 1 is 1.25 bits per heavy atom. The minimum atomic E-state index is -2.41. The zero-order chi connectivity index (χ0) is 17.5. The number of morpholine rings is 1. The van der Waals surface area contributed by atoms with Crippen molar-refractivity contribution in [2.24, 2.45) is 0 Å². The predicted octanol–water partition coefficient (Wildman–Crippen LogP) is 0.314. The van der Waals surface area contributed by atoms with Crippen LogP contribution in [0.2, 0.25) is 0 Å². The number of ether oxygens (including phenoxy) is 1. The number of nitrogens with zero attached hydrogens (tertiary/aromatic N) is 1. The van der Waals surface area contributed by atoms with Gasteiger partial charge in [-0.25, -0.2) is 13.8 Å². The first-order valence-corrected chi connectivity index (χ1v) is 8.65. The van der Waals surface area contributed by atoms with Gasteiger partial charge in [-0.15, -0.1) is 0 Å². The van der Waals surface area contributed by atoms with Gasteiger partial charge in [0.05, 0.1) is 18.5 Å². The molecule has 3 atom stereocenters. The van der Waals surface area contributed by atoms with Crippen LogP contribution in [0.5, 0.6) is 0 Å². The Morgan fingerprint density at radius 2 is 1.88 bits per heavy atom. The number of rotatable bonds is 6. The SMILES string of the molecule is O=C(O)C(NC(=O)N1CCOCC1)C(Cc1ccccc1)S(=O)O. The minimum Gasteiger partial charge on any atom is -0.480 e. The normalized spacial score (nSPS) is 18.5. The summed E-state index contributed by atoms with van der Waals surface area (Å²) in [6, 6.07) is 6.75. The fraction of sp³-hybridized carbons (Fsp3) is 0.467. The van der Waals surface area contributed by atoms with Gasteiger partial charge in [0.1, 0.15) is 6.04 Å². The molecule has 0 aromatic heterocycles. The first-order chi connectivity index (χ1) is 11.5. The molecule has 2 amide bonds. The largest absolute Gasteiger partial charge is 0.480 e. The van der Waals surface area contributed by atoms with E-state index < -0.39 is 34.4 Å². The molecule has 1 fully saturated rings. The van der Waals surface area contributed by atoms with E-state index in [1.807, 2.05) is 0 Å². The summed E-state index contributed by atoms with van der Waals surface area (Å²) in [4.78, 5) is 25.2. The van der Waals surface area contributed by atoms with E-state index in [4.69, 9.17) is 4.74 Å². The molecule has 0 spiro atoms. The van der Waals surface area contributed by atoms with Crippen LogP contribution in [0, 0.1) is 0 Å². The Kier molecular flexibility index (Phi) is 6.71. The number of carboxylic acids is 1. The van der Waals surface area contributed by atoms with E-state index >= 15 is 0 Å². The summed E-state index contributed by atoms with van der Waals surface area (Å²) >= 11 is -2.41. The molecule has 0 radical (unpaired) electrons. The smallest absolute Gasteiger partial charge is 0.327 e. The Balaban J connectivity index is 2.11. The summed E-state index contributed by atoms with van der Waals surface area (Å²) < 4.78 is 26.4. The van der Waals surface area contributed by atoms with Crippen molar-refractivity contribution in [3.63, 3.8) is 0 Å². The maximum atomic E-state index is 12.2. The Bertz CT molecular complexity index is 591. The molecular weight excluding hydrogens is 336 g/mol. The third-order valence-electron chi connectivity index (χ3n) is 3.75. The highest BCUT2D eigenvalue weighted by molar-refractivity contribution is 7.80. The molecule has 3 unspecified atom stereocenters. The average Bonchev–Trinajstić information content (AvgIpc) is 2.59. The van der Waals surface area contributed by atoms with E-state index in [0.29, 0.717) is 26.3 Å². The van der Waals surface area contributed by atoms with Crippen LogP contribution in [-0.4, -0.2) is 68.4 Å². The third-order valence-corrected chi connectivity index (χ3v) is 4.71. The zero-order valence-electron chi connectivity index (χ0n) is 13.0. The quantitative estimate of drug-likeness (QED) is 0.632. The lowest BCUT2D eigenvalue weighted by Crippen LogP contribution is -2.56. The molecule has 8 nitrogen and oxygen atoms in total. The van der Waals surface area contributed by atoms with Crippen LogP contribution in [0.3, 0.4) is 0 Å². The number of carbonyl (C=O) groups is 2. The molecule has 3 N–H and O–H groups in total. The monoisotopic (exact) mass is 356 g/mol. The van der Waals surface area contributed by atoms with Gasteiger partial charge < -0.3 is 24.6 Å². The number of carboxylic acid groups (broad SMARTS) is 1. The van der Waals surface area contributed by atoms with Gasteiger partial charge in [-0.05, 0) is 12.0 Å². The van der Waals surface area contributed by atoms with E-state index in [9.17, 15) is 23.5 Å². The lowest BCUT2D eigenvalue weighted by molar-refractivity contribution is -0.139. The van der Waals surface area contributed by atoms with Crippen LogP contribution in [0.25, 0.3) is 0 Å². The number of amides is 2. The van der Waals surface area contributed by atoms with E-state index in [0.717, 1.165) is 5.56 Å². The van der Waals surface area contributed by atoms with Crippen LogP contribution in [0.1, 0.15) is 5.56 Å². The van der Waals surface area contributed by atoms with E-state index in [2.05, 4.69) is 5.32 Å². The van der Waals surface area contributed by atoms with Gasteiger partial charge in [0, 0.05) is 13.1 Å². The summed E-state index contributed by atoms with van der Waals surface area (Å²) in [6.07, 6.45) is 0.0598. The number of urea groups is 1. The van der Waals surface area contributed by atoms with Crippen molar-refractivity contribution in [3.05, 3.63) is 35.9 Å². The van der Waals surface area contributed by atoms with E-state index in [-0.39, 0.29) is 6.42 Å². The first kappa shape index (κ1) is 18.4. The molecule has 1 heterocycles. The maximum absolute atomic E-state index is 12.2. The molecule has 0 saturated carbocycles. The second kappa shape index (κ2) is 8.76. The van der Waals surface area contributed by atoms with Gasteiger partial charge in [-0.1, -0.05) is 30.3 Å². The second-order valence-corrected chi connectivity index (χ2v) is 6.53. The molecule has 24 heavy (non-hydrogen) atoms. The number of aliphatic carboxylic acids is 1. The van der Waals surface area contributed by atoms with Crippen LogP contribution >= 0.6 is 0 Å². The molecule has 2 rings (SSSR count). The van der Waals surface area contributed by atoms with Crippen molar-refractivity contribution in [2.45, 2.75) is 17.7 Å². The molecule has 0 aliphatic carbocycles. The van der Waals surface area contributed by atoms with Crippen LogP contribution in [-0.2, 0) is 27.0 Å². The molecule has 0 bridgehead atoms. The highest BCUT2D eigenvalue weighted by atomic mass is 32.2. The van der Waals surface area contributed by atoms with Crippen LogP contribution < -0.4 is 5.32 Å². The number of benzene rings is 1. The molecule has 1 saturated heterocycles. The third kappa shape index (κ3) is 5.02. The maximum Gasteiger partial charge on any atom is 0.327 e. The summed E-state index contributed by atoms with van der Waals surface area (Å²) in [5.41, 5.74) is 0.719. The number of hydrogen-bond acceptors (Lipinski definition) is 4. The van der Waals surface area contributed by atoms with Crippen molar-refractivity contribution in [1.29, 1.82) is 0 Å². The number of carbonyl (C=O) groups excluding carboxylic acids is 1. The predicted molar refractivity (Wildman–Crippen MR) is 87.1 cm³/mol. The van der Waals surface area contributed by atoms with Crippen LogP contribution in [0.4, 0.5) is 4.79 Å². The van der Waals surface area contributed by atoms with Gasteiger partial charge in [0.2, 0.25) is 0 Å². The average molecular weight is 356 g/mol.